The Balaban J connectivity index is 1.67. The Bertz CT molecular complexity index is 964. The van der Waals surface area contributed by atoms with Crippen LogP contribution in [0, 0.1) is 0 Å². The van der Waals surface area contributed by atoms with Gasteiger partial charge in [0.2, 0.25) is 0 Å². The molecule has 0 aliphatic carbocycles. The average Bonchev–Trinajstić information content (AvgIpc) is 2.57. The van der Waals surface area contributed by atoms with E-state index in [1.165, 1.54) is 18.1 Å². The molecule has 0 saturated carbocycles. The molecule has 1 N–H and O–H groups in total. The maximum Gasteiger partial charge on any atom is 0.328 e. The van der Waals surface area contributed by atoms with Gasteiger partial charge in [0.25, 0.3) is 11.5 Å². The second-order valence-electron chi connectivity index (χ2n) is 7.87. The highest BCUT2D eigenvalue weighted by atomic mass is 16.2. The molecule has 0 bridgehead atoms. The SMILES string of the molecule is CN(C(=O)c1c[nH]c(=O)n(C)c1=O)C1CN(c2ccc(C(C)(C)C)nn2)C1. The number of hydrogen-bond acceptors (Lipinski definition) is 6. The van der Waals surface area contributed by atoms with Crippen molar-refractivity contribution >= 4 is 11.7 Å². The van der Waals surface area contributed by atoms with Crippen molar-refractivity contribution in [1.82, 2.24) is 24.6 Å². The molecule has 1 saturated heterocycles. The lowest BCUT2D eigenvalue weighted by Gasteiger charge is -2.44. The number of carbonyl (C=O) groups excluding carboxylic acids is 1. The Morgan fingerprint density at radius 3 is 2.44 bits per heavy atom. The van der Waals surface area contributed by atoms with Crippen molar-refractivity contribution in [1.29, 1.82) is 0 Å². The van der Waals surface area contributed by atoms with Gasteiger partial charge in [0.15, 0.2) is 5.82 Å². The standard InChI is InChI=1S/C18H24N6O3/c1-18(2,3)13-6-7-14(21-20-13)24-9-11(10-24)22(4)15(25)12-8-19-17(27)23(5)16(12)26/h6-8,11H,9-10H2,1-5H3,(H,19,27). The van der Waals surface area contributed by atoms with Gasteiger partial charge >= 0.3 is 5.69 Å². The first-order valence-electron chi connectivity index (χ1n) is 8.74. The van der Waals surface area contributed by atoms with Crippen LogP contribution in [0.5, 0.6) is 0 Å². The summed E-state index contributed by atoms with van der Waals surface area (Å²) in [5, 5.41) is 8.56. The topological polar surface area (TPSA) is 104 Å². The third kappa shape index (κ3) is 3.49. The van der Waals surface area contributed by atoms with Crippen LogP contribution in [0.25, 0.3) is 0 Å². The molecular formula is C18H24N6O3. The van der Waals surface area contributed by atoms with E-state index in [9.17, 15) is 14.4 Å². The number of aromatic amines is 1. The Morgan fingerprint density at radius 1 is 1.22 bits per heavy atom. The monoisotopic (exact) mass is 372 g/mol. The second-order valence-corrected chi connectivity index (χ2v) is 7.87. The first kappa shape index (κ1) is 18.8. The summed E-state index contributed by atoms with van der Waals surface area (Å²) in [7, 11) is 2.99. The summed E-state index contributed by atoms with van der Waals surface area (Å²) in [5.74, 6) is 0.353. The molecule has 3 rings (SSSR count). The molecular weight excluding hydrogens is 348 g/mol. The zero-order chi connectivity index (χ0) is 19.9. The van der Waals surface area contributed by atoms with Gasteiger partial charge in [0.05, 0.1) is 11.7 Å². The lowest BCUT2D eigenvalue weighted by Crippen LogP contribution is -2.60. The van der Waals surface area contributed by atoms with Gasteiger partial charge in [-0.3, -0.25) is 14.2 Å². The molecule has 0 aromatic carbocycles. The molecule has 1 amide bonds. The van der Waals surface area contributed by atoms with Crippen molar-refractivity contribution in [2.75, 3.05) is 25.0 Å². The summed E-state index contributed by atoms with van der Waals surface area (Å²) in [6.45, 7) is 7.46. The highest BCUT2D eigenvalue weighted by molar-refractivity contribution is 5.93. The van der Waals surface area contributed by atoms with Gasteiger partial charge in [0, 0.05) is 38.8 Å². The van der Waals surface area contributed by atoms with E-state index in [0.717, 1.165) is 16.1 Å². The molecule has 2 aromatic heterocycles. The number of nitrogens with one attached hydrogen (secondary N) is 1. The summed E-state index contributed by atoms with van der Waals surface area (Å²) in [5.41, 5.74) is -0.336. The lowest BCUT2D eigenvalue weighted by atomic mass is 9.92. The molecule has 1 fully saturated rings. The molecule has 9 heteroatoms. The number of anilines is 1. The molecule has 9 nitrogen and oxygen atoms in total. The van der Waals surface area contributed by atoms with E-state index in [1.807, 2.05) is 17.0 Å². The third-order valence-electron chi connectivity index (χ3n) is 4.88. The minimum Gasteiger partial charge on any atom is -0.351 e. The zero-order valence-corrected chi connectivity index (χ0v) is 16.2. The Labute approximate surface area is 156 Å². The Hall–Kier alpha value is -2.97. The second kappa shape index (κ2) is 6.64. The number of amides is 1. The fraction of sp³-hybridized carbons (Fsp3) is 0.500. The maximum atomic E-state index is 12.6. The van der Waals surface area contributed by atoms with Crippen LogP contribution < -0.4 is 16.1 Å². The Kier molecular flexibility index (Phi) is 4.63. The first-order chi connectivity index (χ1) is 12.6. The van der Waals surface area contributed by atoms with Gasteiger partial charge in [-0.1, -0.05) is 20.8 Å². The minimum atomic E-state index is -0.601. The molecule has 0 atom stereocenters. The van der Waals surface area contributed by atoms with Gasteiger partial charge in [-0.05, 0) is 12.1 Å². The van der Waals surface area contributed by atoms with Crippen molar-refractivity contribution in [2.45, 2.75) is 32.2 Å². The normalized spacial score (nSPS) is 14.8. The molecule has 27 heavy (non-hydrogen) atoms. The van der Waals surface area contributed by atoms with Crippen LogP contribution in [0.2, 0.25) is 0 Å². The lowest BCUT2D eigenvalue weighted by molar-refractivity contribution is 0.0702. The maximum absolute atomic E-state index is 12.6. The van der Waals surface area contributed by atoms with Gasteiger partial charge in [-0.15, -0.1) is 5.10 Å². The summed E-state index contributed by atoms with van der Waals surface area (Å²) < 4.78 is 0.889. The van der Waals surface area contributed by atoms with Crippen LogP contribution in [0.1, 0.15) is 36.8 Å². The highest BCUT2D eigenvalue weighted by Crippen LogP contribution is 2.24. The number of likely N-dealkylation sites (N-methyl/N-ethyl adjacent to an activating group) is 1. The summed E-state index contributed by atoms with van der Waals surface area (Å²) >= 11 is 0. The summed E-state index contributed by atoms with van der Waals surface area (Å²) in [6.07, 6.45) is 1.18. The van der Waals surface area contributed by atoms with E-state index in [1.54, 1.807) is 7.05 Å². The molecule has 0 spiro atoms. The zero-order valence-electron chi connectivity index (χ0n) is 16.2. The number of nitrogens with zero attached hydrogens (tertiary/aromatic N) is 5. The third-order valence-corrected chi connectivity index (χ3v) is 4.88. The van der Waals surface area contributed by atoms with Crippen LogP contribution in [-0.4, -0.2) is 56.7 Å². The van der Waals surface area contributed by atoms with Crippen molar-refractivity contribution < 1.29 is 4.79 Å². The molecule has 1 aliphatic rings. The van der Waals surface area contributed by atoms with E-state index in [4.69, 9.17) is 0 Å². The fourth-order valence-corrected chi connectivity index (χ4v) is 2.86. The van der Waals surface area contributed by atoms with Gasteiger partial charge in [0.1, 0.15) is 5.56 Å². The first-order valence-corrected chi connectivity index (χ1v) is 8.74. The van der Waals surface area contributed by atoms with Gasteiger partial charge in [-0.2, -0.15) is 5.10 Å². The molecule has 2 aromatic rings. The summed E-state index contributed by atoms with van der Waals surface area (Å²) in [6, 6.07) is 3.86. The molecule has 0 radical (unpaired) electrons. The number of H-pyrrole nitrogens is 1. The smallest absolute Gasteiger partial charge is 0.328 e. The molecule has 1 aliphatic heterocycles. The molecule has 3 heterocycles. The van der Waals surface area contributed by atoms with E-state index in [2.05, 4.69) is 36.0 Å². The largest absolute Gasteiger partial charge is 0.351 e. The number of rotatable bonds is 3. The van der Waals surface area contributed by atoms with Gasteiger partial charge < -0.3 is 14.8 Å². The van der Waals surface area contributed by atoms with Crippen LogP contribution in [-0.2, 0) is 12.5 Å². The van der Waals surface area contributed by atoms with Crippen LogP contribution >= 0.6 is 0 Å². The van der Waals surface area contributed by atoms with Gasteiger partial charge in [-0.25, -0.2) is 4.79 Å². The minimum absolute atomic E-state index is 0.0433. The number of aromatic nitrogens is 4. The predicted octanol–water partition coefficient (Wildman–Crippen LogP) is 0.122. The van der Waals surface area contributed by atoms with Crippen molar-refractivity contribution in [3.05, 3.63) is 50.4 Å². The van der Waals surface area contributed by atoms with Crippen LogP contribution in [0.15, 0.2) is 27.9 Å². The van der Waals surface area contributed by atoms with E-state index < -0.39 is 17.2 Å². The van der Waals surface area contributed by atoms with E-state index >= 15 is 0 Å². The number of hydrogen-bond donors (Lipinski definition) is 1. The quantitative estimate of drug-likeness (QED) is 0.821. The van der Waals surface area contributed by atoms with Crippen molar-refractivity contribution in [3.63, 3.8) is 0 Å². The van der Waals surface area contributed by atoms with Crippen molar-refractivity contribution in [3.8, 4) is 0 Å². The van der Waals surface area contributed by atoms with Crippen LogP contribution in [0.3, 0.4) is 0 Å². The molecule has 0 unspecified atom stereocenters. The predicted molar refractivity (Wildman–Crippen MR) is 101 cm³/mol. The van der Waals surface area contributed by atoms with E-state index in [-0.39, 0.29) is 17.0 Å². The fourth-order valence-electron chi connectivity index (χ4n) is 2.86. The Morgan fingerprint density at radius 2 is 1.89 bits per heavy atom. The van der Waals surface area contributed by atoms with Crippen LogP contribution in [0.4, 0.5) is 5.82 Å². The van der Waals surface area contributed by atoms with Crippen molar-refractivity contribution in [2.24, 2.45) is 7.05 Å². The summed E-state index contributed by atoms with van der Waals surface area (Å²) in [4.78, 5) is 42.1. The van der Waals surface area contributed by atoms with E-state index in [0.29, 0.717) is 13.1 Å². The molecule has 144 valence electrons. The number of carbonyl (C=O) groups is 1. The average molecular weight is 372 g/mol. The highest BCUT2D eigenvalue weighted by Gasteiger charge is 2.34.